The second-order valence-electron chi connectivity index (χ2n) is 9.20. The normalized spacial score (nSPS) is 17.0. The Morgan fingerprint density at radius 1 is 1.09 bits per heavy atom. The molecular weight excluding hydrogens is 446 g/mol. The highest BCUT2D eigenvalue weighted by Gasteiger charge is 2.30. The van der Waals surface area contributed by atoms with Gasteiger partial charge in [-0.05, 0) is 29.2 Å². The number of hydrogen-bond donors (Lipinski definition) is 1. The van der Waals surface area contributed by atoms with Crippen molar-refractivity contribution in [3.63, 3.8) is 0 Å². The van der Waals surface area contributed by atoms with E-state index >= 15 is 0 Å². The summed E-state index contributed by atoms with van der Waals surface area (Å²) in [5, 5.41) is 21.3. The lowest BCUT2D eigenvalue weighted by Gasteiger charge is -2.34. The van der Waals surface area contributed by atoms with E-state index in [4.69, 9.17) is 4.74 Å². The van der Waals surface area contributed by atoms with Gasteiger partial charge in [0.25, 0.3) is 5.69 Å². The van der Waals surface area contributed by atoms with E-state index in [1.54, 1.807) is 0 Å². The molecule has 0 spiro atoms. The van der Waals surface area contributed by atoms with E-state index in [2.05, 4.69) is 20.8 Å². The quantitative estimate of drug-likeness (QED) is 0.459. The van der Waals surface area contributed by atoms with Gasteiger partial charge in [-0.1, -0.05) is 39.0 Å². The fourth-order valence-corrected chi connectivity index (χ4v) is 5.12. The van der Waals surface area contributed by atoms with Crippen LogP contribution in [-0.2, 0) is 15.4 Å². The monoisotopic (exact) mass is 477 g/mol. The number of nitro groups is 1. The fraction of sp³-hybridized carbons (Fsp3) is 0.478. The Hall–Kier alpha value is -2.53. The molecule has 3 rings (SSSR count). The Morgan fingerprint density at radius 2 is 1.73 bits per heavy atom. The molecule has 10 heteroatoms. The molecule has 0 radical (unpaired) electrons. The summed E-state index contributed by atoms with van der Waals surface area (Å²) in [6, 6.07) is 12.9. The van der Waals surface area contributed by atoms with Crippen LogP contribution >= 0.6 is 0 Å². The van der Waals surface area contributed by atoms with Crippen LogP contribution in [0.5, 0.6) is 5.75 Å². The Bertz CT molecular complexity index is 1060. The number of piperazine rings is 1. The predicted octanol–water partition coefficient (Wildman–Crippen LogP) is 2.64. The number of nitro benzene ring substituents is 1. The van der Waals surface area contributed by atoms with Crippen molar-refractivity contribution in [1.29, 1.82) is 0 Å². The largest absolute Gasteiger partial charge is 0.491 e. The third kappa shape index (κ3) is 6.50. The average Bonchev–Trinajstić information content (AvgIpc) is 2.78. The Balaban J connectivity index is 1.48. The molecule has 0 amide bonds. The van der Waals surface area contributed by atoms with Gasteiger partial charge in [-0.3, -0.25) is 15.0 Å². The molecule has 2 aromatic carbocycles. The number of aliphatic hydroxyl groups excluding tert-OH is 1. The van der Waals surface area contributed by atoms with E-state index in [1.165, 1.54) is 28.1 Å². The summed E-state index contributed by atoms with van der Waals surface area (Å²) in [5.74, 6) is 0.690. The van der Waals surface area contributed by atoms with Gasteiger partial charge >= 0.3 is 0 Å². The average molecular weight is 478 g/mol. The van der Waals surface area contributed by atoms with Crippen LogP contribution in [0.3, 0.4) is 0 Å². The molecule has 1 saturated heterocycles. The van der Waals surface area contributed by atoms with E-state index in [1.807, 2.05) is 29.2 Å². The lowest BCUT2D eigenvalue weighted by Crippen LogP contribution is -2.50. The smallest absolute Gasteiger partial charge is 0.270 e. The van der Waals surface area contributed by atoms with Gasteiger partial charge in [0.1, 0.15) is 18.5 Å². The van der Waals surface area contributed by atoms with Crippen LogP contribution in [0.25, 0.3) is 0 Å². The van der Waals surface area contributed by atoms with Crippen molar-refractivity contribution in [2.75, 3.05) is 39.3 Å². The highest BCUT2D eigenvalue weighted by molar-refractivity contribution is 7.89. The summed E-state index contributed by atoms with van der Waals surface area (Å²) < 4.78 is 32.7. The third-order valence-electron chi connectivity index (χ3n) is 5.63. The van der Waals surface area contributed by atoms with Gasteiger partial charge in [-0.25, -0.2) is 8.42 Å². The molecule has 1 atom stereocenters. The maximum absolute atomic E-state index is 12.9. The van der Waals surface area contributed by atoms with Crippen LogP contribution in [0.2, 0.25) is 0 Å². The molecule has 9 nitrogen and oxygen atoms in total. The van der Waals surface area contributed by atoms with Crippen LogP contribution in [-0.4, -0.2) is 73.1 Å². The molecular formula is C23H31N3O6S. The molecule has 1 aliphatic heterocycles. The van der Waals surface area contributed by atoms with Crippen molar-refractivity contribution in [2.24, 2.45) is 0 Å². The number of sulfonamides is 1. The molecule has 1 heterocycles. The number of non-ortho nitro benzene ring substituents is 1. The van der Waals surface area contributed by atoms with Crippen molar-refractivity contribution in [3.05, 3.63) is 64.2 Å². The molecule has 180 valence electrons. The summed E-state index contributed by atoms with van der Waals surface area (Å²) >= 11 is 0. The minimum Gasteiger partial charge on any atom is -0.491 e. The highest BCUT2D eigenvalue weighted by atomic mass is 32.2. The number of hydrogen-bond acceptors (Lipinski definition) is 7. The van der Waals surface area contributed by atoms with Crippen molar-refractivity contribution >= 4 is 15.7 Å². The summed E-state index contributed by atoms with van der Waals surface area (Å²) in [6.45, 7) is 8.31. The van der Waals surface area contributed by atoms with E-state index in [9.17, 15) is 23.6 Å². The zero-order valence-corrected chi connectivity index (χ0v) is 20.0. The van der Waals surface area contributed by atoms with Crippen molar-refractivity contribution in [1.82, 2.24) is 9.21 Å². The molecule has 1 unspecified atom stereocenters. The second-order valence-corrected chi connectivity index (χ2v) is 11.1. The number of nitrogens with zero attached hydrogens (tertiary/aromatic N) is 3. The SMILES string of the molecule is CC(C)(C)c1ccc(OCC(O)CN2CCN(S(=O)(=O)c3cccc([N+](=O)[O-])c3)CC2)cc1. The lowest BCUT2D eigenvalue weighted by molar-refractivity contribution is -0.385. The topological polar surface area (TPSA) is 113 Å². The summed E-state index contributed by atoms with van der Waals surface area (Å²) in [7, 11) is -3.82. The highest BCUT2D eigenvalue weighted by Crippen LogP contribution is 2.25. The summed E-state index contributed by atoms with van der Waals surface area (Å²) in [6.07, 6.45) is -0.716. The van der Waals surface area contributed by atoms with E-state index < -0.39 is 21.1 Å². The van der Waals surface area contributed by atoms with Gasteiger partial charge in [-0.15, -0.1) is 0 Å². The van der Waals surface area contributed by atoms with Gasteiger partial charge in [0, 0.05) is 44.9 Å². The first-order valence-electron chi connectivity index (χ1n) is 10.9. The number of aliphatic hydroxyl groups is 1. The molecule has 2 aromatic rings. The predicted molar refractivity (Wildman–Crippen MR) is 125 cm³/mol. The molecule has 33 heavy (non-hydrogen) atoms. The third-order valence-corrected chi connectivity index (χ3v) is 7.52. The van der Waals surface area contributed by atoms with Crippen molar-refractivity contribution in [2.45, 2.75) is 37.2 Å². The number of β-amino-alcohol motifs (C(OH)–C–C–N with tert-alkyl or cyclic N) is 1. The molecule has 0 bridgehead atoms. The van der Waals surface area contributed by atoms with Crippen molar-refractivity contribution < 1.29 is 23.2 Å². The van der Waals surface area contributed by atoms with E-state index in [0.29, 0.717) is 25.4 Å². The van der Waals surface area contributed by atoms with Crippen LogP contribution < -0.4 is 4.74 Å². The minimum atomic E-state index is -3.82. The van der Waals surface area contributed by atoms with Gasteiger partial charge in [-0.2, -0.15) is 4.31 Å². The van der Waals surface area contributed by atoms with Crippen LogP contribution in [0, 0.1) is 10.1 Å². The Morgan fingerprint density at radius 3 is 2.30 bits per heavy atom. The van der Waals surface area contributed by atoms with Gasteiger partial charge < -0.3 is 9.84 Å². The molecule has 0 aliphatic carbocycles. The zero-order valence-electron chi connectivity index (χ0n) is 19.2. The molecule has 1 aliphatic rings. The Labute approximate surface area is 194 Å². The van der Waals surface area contributed by atoms with Crippen LogP contribution in [0.1, 0.15) is 26.3 Å². The van der Waals surface area contributed by atoms with Crippen LogP contribution in [0.4, 0.5) is 5.69 Å². The number of ether oxygens (including phenoxy) is 1. The van der Waals surface area contributed by atoms with Crippen molar-refractivity contribution in [3.8, 4) is 5.75 Å². The molecule has 1 N–H and O–H groups in total. The lowest BCUT2D eigenvalue weighted by atomic mass is 9.87. The number of rotatable bonds is 8. The molecule has 0 saturated carbocycles. The zero-order chi connectivity index (χ0) is 24.2. The minimum absolute atomic E-state index is 0.0584. The molecule has 1 fully saturated rings. The fourth-order valence-electron chi connectivity index (χ4n) is 3.65. The first-order valence-corrected chi connectivity index (χ1v) is 12.3. The second kappa shape index (κ2) is 10.2. The molecule has 0 aromatic heterocycles. The summed E-state index contributed by atoms with van der Waals surface area (Å²) in [4.78, 5) is 12.2. The van der Waals surface area contributed by atoms with Gasteiger partial charge in [0.15, 0.2) is 0 Å². The maximum atomic E-state index is 12.9. The number of benzene rings is 2. The van der Waals surface area contributed by atoms with Gasteiger partial charge in [0.05, 0.1) is 9.82 Å². The first-order chi connectivity index (χ1) is 15.5. The van der Waals surface area contributed by atoms with Crippen LogP contribution in [0.15, 0.2) is 53.4 Å². The van der Waals surface area contributed by atoms with E-state index in [-0.39, 0.29) is 35.7 Å². The van der Waals surface area contributed by atoms with Gasteiger partial charge in [0.2, 0.25) is 10.0 Å². The maximum Gasteiger partial charge on any atom is 0.270 e. The summed E-state index contributed by atoms with van der Waals surface area (Å²) in [5.41, 5.74) is 1.00. The Kier molecular flexibility index (Phi) is 7.73. The standard InChI is InChI=1S/C23H31N3O6S/c1-23(2,3)18-7-9-21(10-8-18)32-17-20(27)16-24-11-13-25(14-12-24)33(30,31)22-6-4-5-19(15-22)26(28)29/h4-10,15,20,27H,11-14,16-17H2,1-3H3. The van der Waals surface area contributed by atoms with E-state index in [0.717, 1.165) is 6.07 Å². The first kappa shape index (κ1) is 25.1.